The fourth-order valence-electron chi connectivity index (χ4n) is 4.30. The number of nitrogens with two attached hydrogens (primary N) is 1. The van der Waals surface area contributed by atoms with E-state index in [4.69, 9.17) is 5.73 Å². The molecule has 2 heterocycles. The third kappa shape index (κ3) is 2.83. The molecule has 3 N–H and O–H groups in total. The molecule has 0 radical (unpaired) electrons. The van der Waals surface area contributed by atoms with Gasteiger partial charge >= 0.3 is 6.09 Å². The molecule has 2 unspecified atom stereocenters. The molecule has 1 amide bonds. The van der Waals surface area contributed by atoms with Crippen molar-refractivity contribution in [2.45, 2.75) is 31.8 Å². The van der Waals surface area contributed by atoms with E-state index >= 15 is 0 Å². The number of piperidine rings is 1. The number of carboxylic acid groups (broad SMARTS) is 1. The zero-order valence-corrected chi connectivity index (χ0v) is 12.9. The number of hydrogen-bond donors (Lipinski definition) is 2. The maximum atomic E-state index is 11.5. The largest absolute Gasteiger partial charge is 0.465 e. The van der Waals surface area contributed by atoms with Crippen LogP contribution in [0, 0.1) is 5.41 Å². The topological polar surface area (TPSA) is 69.8 Å². The van der Waals surface area contributed by atoms with Gasteiger partial charge in [-0.25, -0.2) is 4.79 Å². The Labute approximate surface area is 131 Å². The number of hydrogen-bond acceptors (Lipinski definition) is 3. The van der Waals surface area contributed by atoms with Crippen molar-refractivity contribution in [1.82, 2.24) is 9.80 Å². The third-order valence-corrected chi connectivity index (χ3v) is 5.34. The van der Waals surface area contributed by atoms with Crippen LogP contribution in [0.4, 0.5) is 4.79 Å². The standard InChI is InChI=1S/C17H25N3O2/c18-11-15-17(7-4-9-20(15)16(21)22)8-10-19(13-17)12-14-5-2-1-3-6-14/h1-3,5-6,15H,4,7-13,18H2,(H,21,22). The number of carbonyl (C=O) groups is 1. The molecule has 22 heavy (non-hydrogen) atoms. The third-order valence-electron chi connectivity index (χ3n) is 5.34. The van der Waals surface area contributed by atoms with Crippen molar-refractivity contribution in [3.63, 3.8) is 0 Å². The van der Waals surface area contributed by atoms with Crippen LogP contribution in [0.15, 0.2) is 30.3 Å². The molecule has 2 aliphatic heterocycles. The van der Waals surface area contributed by atoms with Crippen LogP contribution < -0.4 is 5.73 Å². The van der Waals surface area contributed by atoms with E-state index in [1.165, 1.54) is 5.56 Å². The summed E-state index contributed by atoms with van der Waals surface area (Å²) in [6.45, 7) is 3.96. The number of benzene rings is 1. The zero-order valence-electron chi connectivity index (χ0n) is 12.9. The van der Waals surface area contributed by atoms with Crippen LogP contribution in [-0.2, 0) is 6.54 Å². The van der Waals surface area contributed by atoms with Gasteiger partial charge in [0.2, 0.25) is 0 Å². The average molecular weight is 303 g/mol. The van der Waals surface area contributed by atoms with Crippen LogP contribution in [0.3, 0.4) is 0 Å². The Morgan fingerprint density at radius 1 is 1.27 bits per heavy atom. The first-order valence-electron chi connectivity index (χ1n) is 8.10. The molecule has 1 aromatic rings. The maximum Gasteiger partial charge on any atom is 0.407 e. The minimum absolute atomic E-state index is 0.0418. The van der Waals surface area contributed by atoms with Crippen molar-refractivity contribution >= 4 is 6.09 Å². The van der Waals surface area contributed by atoms with E-state index in [-0.39, 0.29) is 11.5 Å². The fraction of sp³-hybridized carbons (Fsp3) is 0.588. The lowest BCUT2D eigenvalue weighted by Crippen LogP contribution is -2.58. The minimum atomic E-state index is -0.823. The first-order valence-corrected chi connectivity index (χ1v) is 8.10. The monoisotopic (exact) mass is 303 g/mol. The molecular formula is C17H25N3O2. The van der Waals surface area contributed by atoms with Crippen molar-refractivity contribution < 1.29 is 9.90 Å². The molecule has 3 rings (SSSR count). The number of amides is 1. The molecule has 5 heteroatoms. The van der Waals surface area contributed by atoms with Gasteiger partial charge in [-0.05, 0) is 31.4 Å². The maximum absolute atomic E-state index is 11.5. The highest BCUT2D eigenvalue weighted by Gasteiger charge is 2.49. The molecule has 0 aromatic heterocycles. The van der Waals surface area contributed by atoms with E-state index < -0.39 is 6.09 Å². The molecule has 2 fully saturated rings. The van der Waals surface area contributed by atoms with Gasteiger partial charge in [-0.1, -0.05) is 30.3 Å². The van der Waals surface area contributed by atoms with Gasteiger partial charge in [0.15, 0.2) is 0 Å². The zero-order chi connectivity index (χ0) is 15.6. The second-order valence-corrected chi connectivity index (χ2v) is 6.64. The summed E-state index contributed by atoms with van der Waals surface area (Å²) in [5.41, 5.74) is 7.32. The molecular weight excluding hydrogens is 278 g/mol. The summed E-state index contributed by atoms with van der Waals surface area (Å²) in [6.07, 6.45) is 2.26. The molecule has 0 bridgehead atoms. The second-order valence-electron chi connectivity index (χ2n) is 6.64. The molecule has 2 saturated heterocycles. The molecule has 2 atom stereocenters. The number of nitrogens with zero attached hydrogens (tertiary/aromatic N) is 2. The lowest BCUT2D eigenvalue weighted by Gasteiger charge is -2.46. The van der Waals surface area contributed by atoms with Crippen LogP contribution in [0.2, 0.25) is 0 Å². The Kier molecular flexibility index (Phi) is 4.36. The summed E-state index contributed by atoms with van der Waals surface area (Å²) in [5, 5.41) is 9.44. The molecule has 0 saturated carbocycles. The number of rotatable bonds is 3. The van der Waals surface area contributed by atoms with Gasteiger partial charge in [0.25, 0.3) is 0 Å². The van der Waals surface area contributed by atoms with Crippen LogP contribution in [0.1, 0.15) is 24.8 Å². The van der Waals surface area contributed by atoms with E-state index in [9.17, 15) is 9.90 Å². The van der Waals surface area contributed by atoms with Gasteiger partial charge in [0.05, 0.1) is 6.04 Å². The van der Waals surface area contributed by atoms with Gasteiger partial charge in [-0.3, -0.25) is 4.90 Å². The first-order chi connectivity index (χ1) is 10.6. The summed E-state index contributed by atoms with van der Waals surface area (Å²) < 4.78 is 0. The Balaban J connectivity index is 1.72. The van der Waals surface area contributed by atoms with Gasteiger partial charge in [0.1, 0.15) is 0 Å². The fourth-order valence-corrected chi connectivity index (χ4v) is 4.30. The van der Waals surface area contributed by atoms with Crippen LogP contribution >= 0.6 is 0 Å². The van der Waals surface area contributed by atoms with Crippen molar-refractivity contribution in [2.75, 3.05) is 26.2 Å². The Morgan fingerprint density at radius 3 is 2.73 bits per heavy atom. The molecule has 5 nitrogen and oxygen atoms in total. The lowest BCUT2D eigenvalue weighted by atomic mass is 9.72. The van der Waals surface area contributed by atoms with E-state index in [0.717, 1.165) is 38.9 Å². The van der Waals surface area contributed by atoms with Crippen molar-refractivity contribution in [2.24, 2.45) is 11.1 Å². The highest BCUT2D eigenvalue weighted by atomic mass is 16.4. The Hall–Kier alpha value is -1.59. The normalized spacial score (nSPS) is 29.1. The summed E-state index contributed by atoms with van der Waals surface area (Å²) in [6, 6.07) is 10.4. The minimum Gasteiger partial charge on any atom is -0.465 e. The Bertz CT molecular complexity index is 522. The lowest BCUT2D eigenvalue weighted by molar-refractivity contribution is 0.0275. The van der Waals surface area contributed by atoms with Crippen molar-refractivity contribution in [3.8, 4) is 0 Å². The van der Waals surface area contributed by atoms with Crippen molar-refractivity contribution in [3.05, 3.63) is 35.9 Å². The van der Waals surface area contributed by atoms with Gasteiger partial charge in [0, 0.05) is 31.6 Å². The second kappa shape index (κ2) is 6.26. The summed E-state index contributed by atoms with van der Waals surface area (Å²) >= 11 is 0. The van der Waals surface area contributed by atoms with Crippen LogP contribution in [0.5, 0.6) is 0 Å². The molecule has 120 valence electrons. The summed E-state index contributed by atoms with van der Waals surface area (Å²) in [5.74, 6) is 0. The highest BCUT2D eigenvalue weighted by Crippen LogP contribution is 2.43. The molecule has 1 aromatic carbocycles. The van der Waals surface area contributed by atoms with Crippen LogP contribution in [0.25, 0.3) is 0 Å². The van der Waals surface area contributed by atoms with Gasteiger partial charge < -0.3 is 15.7 Å². The van der Waals surface area contributed by atoms with Crippen LogP contribution in [-0.4, -0.2) is 53.2 Å². The smallest absolute Gasteiger partial charge is 0.407 e. The van der Waals surface area contributed by atoms with E-state index in [1.54, 1.807) is 4.90 Å². The van der Waals surface area contributed by atoms with E-state index in [0.29, 0.717) is 13.1 Å². The Morgan fingerprint density at radius 2 is 2.05 bits per heavy atom. The molecule has 1 spiro atoms. The predicted octanol–water partition coefficient (Wildman–Crippen LogP) is 1.98. The molecule has 2 aliphatic rings. The van der Waals surface area contributed by atoms with Crippen molar-refractivity contribution in [1.29, 1.82) is 0 Å². The number of likely N-dealkylation sites (tertiary alicyclic amines) is 2. The van der Waals surface area contributed by atoms with Gasteiger partial charge in [-0.2, -0.15) is 0 Å². The predicted molar refractivity (Wildman–Crippen MR) is 85.6 cm³/mol. The van der Waals surface area contributed by atoms with E-state index in [1.807, 2.05) is 6.07 Å². The summed E-state index contributed by atoms with van der Waals surface area (Å²) in [7, 11) is 0. The first kappa shape index (κ1) is 15.3. The highest BCUT2D eigenvalue weighted by molar-refractivity contribution is 5.65. The van der Waals surface area contributed by atoms with E-state index in [2.05, 4.69) is 29.2 Å². The average Bonchev–Trinajstić information content (AvgIpc) is 2.91. The molecule has 0 aliphatic carbocycles. The summed E-state index contributed by atoms with van der Waals surface area (Å²) in [4.78, 5) is 15.5. The van der Waals surface area contributed by atoms with Gasteiger partial charge in [-0.15, -0.1) is 0 Å². The SMILES string of the molecule is NCC1N(C(=O)O)CCCC12CCN(Cc1ccccc1)C2. The quantitative estimate of drug-likeness (QED) is 0.896.